The van der Waals surface area contributed by atoms with Crippen molar-refractivity contribution in [2.75, 3.05) is 5.32 Å². The van der Waals surface area contributed by atoms with Gasteiger partial charge in [-0.25, -0.2) is 9.78 Å². The highest BCUT2D eigenvalue weighted by atomic mass is 16.4. The first-order chi connectivity index (χ1) is 9.75. The van der Waals surface area contributed by atoms with E-state index in [0.29, 0.717) is 18.0 Å². The highest BCUT2D eigenvalue weighted by Crippen LogP contribution is 2.14. The predicted octanol–water partition coefficient (Wildman–Crippen LogP) is 1.43. The molecular formula is C13H11N5O2. The average Bonchev–Trinajstić information content (AvgIpc) is 2.91. The summed E-state index contributed by atoms with van der Waals surface area (Å²) in [4.78, 5) is 19.1. The molecule has 0 unspecified atom stereocenters. The van der Waals surface area contributed by atoms with Gasteiger partial charge in [0.1, 0.15) is 11.4 Å². The molecule has 3 rings (SSSR count). The fourth-order valence-corrected chi connectivity index (χ4v) is 1.87. The van der Waals surface area contributed by atoms with E-state index in [1.54, 1.807) is 24.7 Å². The maximum Gasteiger partial charge on any atom is 0.341 e. The number of rotatable bonds is 4. The molecule has 0 saturated carbocycles. The Morgan fingerprint density at radius 3 is 2.95 bits per heavy atom. The van der Waals surface area contributed by atoms with Crippen LogP contribution in [0.15, 0.2) is 43.0 Å². The summed E-state index contributed by atoms with van der Waals surface area (Å²) in [5, 5.41) is 16.3. The molecule has 0 spiro atoms. The van der Waals surface area contributed by atoms with Crippen molar-refractivity contribution >= 4 is 17.4 Å². The van der Waals surface area contributed by atoms with Crippen LogP contribution in [0.1, 0.15) is 15.9 Å². The van der Waals surface area contributed by atoms with Crippen LogP contribution in [0.4, 0.5) is 5.82 Å². The molecule has 3 aromatic rings. The molecule has 7 heteroatoms. The van der Waals surface area contributed by atoms with Crippen LogP contribution < -0.4 is 5.32 Å². The van der Waals surface area contributed by atoms with Gasteiger partial charge in [0.05, 0.1) is 6.20 Å². The van der Waals surface area contributed by atoms with Crippen molar-refractivity contribution < 1.29 is 9.90 Å². The average molecular weight is 269 g/mol. The molecule has 0 amide bonds. The second-order valence-corrected chi connectivity index (χ2v) is 4.14. The number of aromatic nitrogens is 4. The Morgan fingerprint density at radius 1 is 1.30 bits per heavy atom. The summed E-state index contributed by atoms with van der Waals surface area (Å²) in [7, 11) is 0. The number of nitrogens with zero attached hydrogens (tertiary/aromatic N) is 4. The smallest absolute Gasteiger partial charge is 0.341 e. The van der Waals surface area contributed by atoms with E-state index in [2.05, 4.69) is 20.4 Å². The van der Waals surface area contributed by atoms with Gasteiger partial charge in [0.15, 0.2) is 5.65 Å². The van der Waals surface area contributed by atoms with Crippen molar-refractivity contribution in [3.8, 4) is 0 Å². The van der Waals surface area contributed by atoms with Crippen molar-refractivity contribution in [1.29, 1.82) is 0 Å². The Hall–Kier alpha value is -2.96. The van der Waals surface area contributed by atoms with E-state index in [4.69, 9.17) is 5.11 Å². The van der Waals surface area contributed by atoms with E-state index in [1.807, 2.05) is 12.1 Å². The van der Waals surface area contributed by atoms with Crippen LogP contribution >= 0.6 is 0 Å². The number of fused-ring (bicyclic) bond motifs is 1. The molecule has 0 aliphatic rings. The summed E-state index contributed by atoms with van der Waals surface area (Å²) in [6.45, 7) is 0.565. The maximum atomic E-state index is 11.0. The van der Waals surface area contributed by atoms with Crippen LogP contribution in [0.5, 0.6) is 0 Å². The summed E-state index contributed by atoms with van der Waals surface area (Å²) in [5.41, 5.74) is 1.41. The van der Waals surface area contributed by atoms with Gasteiger partial charge in [0.25, 0.3) is 0 Å². The first-order valence-electron chi connectivity index (χ1n) is 5.94. The van der Waals surface area contributed by atoms with Gasteiger partial charge in [-0.05, 0) is 17.7 Å². The van der Waals surface area contributed by atoms with Crippen molar-refractivity contribution in [2.24, 2.45) is 0 Å². The topological polar surface area (TPSA) is 92.4 Å². The molecule has 0 aromatic carbocycles. The summed E-state index contributed by atoms with van der Waals surface area (Å²) in [6.07, 6.45) is 6.31. The minimum atomic E-state index is -1.04. The Balaban J connectivity index is 1.90. The summed E-state index contributed by atoms with van der Waals surface area (Å²) in [6, 6.07) is 5.54. The van der Waals surface area contributed by atoms with Gasteiger partial charge in [0, 0.05) is 25.1 Å². The third kappa shape index (κ3) is 2.16. The van der Waals surface area contributed by atoms with E-state index >= 15 is 0 Å². The lowest BCUT2D eigenvalue weighted by Crippen LogP contribution is -2.06. The van der Waals surface area contributed by atoms with E-state index in [-0.39, 0.29) is 5.56 Å². The molecule has 0 bridgehead atoms. The van der Waals surface area contributed by atoms with E-state index in [1.165, 1.54) is 10.7 Å². The zero-order chi connectivity index (χ0) is 13.9. The molecule has 0 aliphatic carbocycles. The molecular weight excluding hydrogens is 258 g/mol. The summed E-state index contributed by atoms with van der Waals surface area (Å²) >= 11 is 0. The zero-order valence-electron chi connectivity index (χ0n) is 10.4. The predicted molar refractivity (Wildman–Crippen MR) is 71.5 cm³/mol. The van der Waals surface area contributed by atoms with Gasteiger partial charge in [-0.15, -0.1) is 0 Å². The Labute approximate surface area is 113 Å². The van der Waals surface area contributed by atoms with Crippen molar-refractivity contribution in [2.45, 2.75) is 6.54 Å². The van der Waals surface area contributed by atoms with Crippen LogP contribution in [0, 0.1) is 0 Å². The monoisotopic (exact) mass is 269 g/mol. The lowest BCUT2D eigenvalue weighted by atomic mass is 10.3. The number of pyridine rings is 1. The van der Waals surface area contributed by atoms with Crippen LogP contribution in [0.2, 0.25) is 0 Å². The van der Waals surface area contributed by atoms with Gasteiger partial charge < -0.3 is 10.4 Å². The minimum Gasteiger partial charge on any atom is -0.477 e. The third-order valence-electron chi connectivity index (χ3n) is 2.83. The Kier molecular flexibility index (Phi) is 3.00. The SMILES string of the molecule is O=C(O)c1cnn2c(NCc3cccnc3)ccnc12. The Bertz CT molecular complexity index is 754. The molecule has 3 heterocycles. The second-order valence-electron chi connectivity index (χ2n) is 4.14. The van der Waals surface area contributed by atoms with Crippen LogP contribution in [-0.2, 0) is 6.54 Å². The van der Waals surface area contributed by atoms with Crippen molar-refractivity contribution in [1.82, 2.24) is 19.6 Å². The molecule has 3 aromatic heterocycles. The molecule has 7 nitrogen and oxygen atoms in total. The molecule has 100 valence electrons. The van der Waals surface area contributed by atoms with E-state index < -0.39 is 5.97 Å². The highest BCUT2D eigenvalue weighted by Gasteiger charge is 2.13. The summed E-state index contributed by atoms with van der Waals surface area (Å²) in [5.74, 6) is -0.372. The summed E-state index contributed by atoms with van der Waals surface area (Å²) < 4.78 is 1.47. The fourth-order valence-electron chi connectivity index (χ4n) is 1.87. The van der Waals surface area contributed by atoms with Crippen LogP contribution in [0.3, 0.4) is 0 Å². The van der Waals surface area contributed by atoms with Gasteiger partial charge in [-0.2, -0.15) is 9.61 Å². The minimum absolute atomic E-state index is 0.0787. The highest BCUT2D eigenvalue weighted by molar-refractivity contribution is 5.94. The van der Waals surface area contributed by atoms with Crippen molar-refractivity contribution in [3.05, 3.63) is 54.1 Å². The standard InChI is InChI=1S/C13H11N5O2/c19-13(20)10-8-17-18-11(3-5-15-12(10)18)16-7-9-2-1-4-14-6-9/h1-6,8,16H,7H2,(H,19,20). The largest absolute Gasteiger partial charge is 0.477 e. The zero-order valence-corrected chi connectivity index (χ0v) is 10.4. The number of aromatic carboxylic acids is 1. The van der Waals surface area contributed by atoms with Crippen LogP contribution in [0.25, 0.3) is 5.65 Å². The normalized spacial score (nSPS) is 10.6. The number of carboxylic acids is 1. The molecule has 0 saturated heterocycles. The number of nitrogens with one attached hydrogen (secondary N) is 1. The fraction of sp³-hybridized carbons (Fsp3) is 0.0769. The number of hydrogen-bond acceptors (Lipinski definition) is 5. The third-order valence-corrected chi connectivity index (χ3v) is 2.83. The molecule has 20 heavy (non-hydrogen) atoms. The number of carboxylic acid groups (broad SMARTS) is 1. The van der Waals surface area contributed by atoms with E-state index in [9.17, 15) is 4.79 Å². The maximum absolute atomic E-state index is 11.0. The molecule has 0 aliphatic heterocycles. The van der Waals surface area contributed by atoms with Crippen LogP contribution in [-0.4, -0.2) is 30.7 Å². The van der Waals surface area contributed by atoms with Crippen molar-refractivity contribution in [3.63, 3.8) is 0 Å². The molecule has 0 fully saturated rings. The number of hydrogen-bond donors (Lipinski definition) is 2. The van der Waals surface area contributed by atoms with E-state index in [0.717, 1.165) is 5.56 Å². The van der Waals surface area contributed by atoms with Gasteiger partial charge >= 0.3 is 5.97 Å². The number of anilines is 1. The van der Waals surface area contributed by atoms with Gasteiger partial charge in [-0.3, -0.25) is 4.98 Å². The molecule has 2 N–H and O–H groups in total. The Morgan fingerprint density at radius 2 is 2.20 bits per heavy atom. The first-order valence-corrected chi connectivity index (χ1v) is 5.94. The van der Waals surface area contributed by atoms with Gasteiger partial charge in [-0.1, -0.05) is 6.07 Å². The lowest BCUT2D eigenvalue weighted by Gasteiger charge is -2.07. The second kappa shape index (κ2) is 4.96. The molecule has 0 atom stereocenters. The quantitative estimate of drug-likeness (QED) is 0.744. The molecule has 0 radical (unpaired) electrons. The number of carbonyl (C=O) groups is 1. The van der Waals surface area contributed by atoms with Gasteiger partial charge in [0.2, 0.25) is 0 Å². The first kappa shape index (κ1) is 12.1. The lowest BCUT2D eigenvalue weighted by molar-refractivity contribution is 0.0699.